The van der Waals surface area contributed by atoms with Gasteiger partial charge >= 0.3 is 0 Å². The molecule has 0 fully saturated rings. The number of allylic oxidation sites excluding steroid dienone is 4. The van der Waals surface area contributed by atoms with Gasteiger partial charge in [0.15, 0.2) is 0 Å². The fourth-order valence-electron chi connectivity index (χ4n) is 5.64. The molecule has 1 heteroatoms. The summed E-state index contributed by atoms with van der Waals surface area (Å²) in [5.41, 5.74) is 7.88. The minimum absolute atomic E-state index is 0.247. The first kappa shape index (κ1) is 16.2. The van der Waals surface area contributed by atoms with Gasteiger partial charge in [0, 0.05) is 16.9 Å². The molecule has 1 spiro atoms. The van der Waals surface area contributed by atoms with Gasteiger partial charge < -0.3 is 0 Å². The number of benzene rings is 3. The summed E-state index contributed by atoms with van der Waals surface area (Å²) in [5.74, 6) is 0.586. The zero-order chi connectivity index (χ0) is 18.7. The van der Waals surface area contributed by atoms with Crippen LogP contribution in [0.5, 0.6) is 0 Å². The van der Waals surface area contributed by atoms with E-state index in [4.69, 9.17) is 11.6 Å². The summed E-state index contributed by atoms with van der Waals surface area (Å²) in [6, 6.07) is 26.6. The second-order valence-electron chi connectivity index (χ2n) is 7.87. The first-order chi connectivity index (χ1) is 13.8. The lowest BCUT2D eigenvalue weighted by molar-refractivity contribution is 0.455. The molecule has 3 aromatic rings. The van der Waals surface area contributed by atoms with Gasteiger partial charge in [-0.05, 0) is 39.5 Å². The molecule has 0 nitrogen and oxygen atoms in total. The van der Waals surface area contributed by atoms with E-state index >= 15 is 0 Å². The van der Waals surface area contributed by atoms with Crippen molar-refractivity contribution in [1.29, 1.82) is 0 Å². The van der Waals surface area contributed by atoms with Gasteiger partial charge in [-0.2, -0.15) is 0 Å². The molecule has 6 rings (SSSR count). The second-order valence-corrected chi connectivity index (χ2v) is 8.30. The van der Waals surface area contributed by atoms with Crippen molar-refractivity contribution >= 4 is 23.8 Å². The van der Waals surface area contributed by atoms with Gasteiger partial charge in [0.25, 0.3) is 0 Å². The summed E-state index contributed by atoms with van der Waals surface area (Å²) in [6.45, 7) is 0. The van der Waals surface area contributed by atoms with Crippen LogP contribution in [0.15, 0.2) is 96.1 Å². The maximum absolute atomic E-state index is 6.58. The molecule has 3 aliphatic carbocycles. The van der Waals surface area contributed by atoms with Gasteiger partial charge in [0.05, 0.1) is 5.41 Å². The van der Waals surface area contributed by atoms with Crippen LogP contribution in [0.2, 0.25) is 0 Å². The van der Waals surface area contributed by atoms with E-state index < -0.39 is 0 Å². The van der Waals surface area contributed by atoms with Gasteiger partial charge in [-0.15, -0.1) is 0 Å². The Hall–Kier alpha value is -2.83. The molecule has 0 amide bonds. The highest BCUT2D eigenvalue weighted by molar-refractivity contribution is 6.31. The van der Waals surface area contributed by atoms with Crippen LogP contribution in [0.1, 0.15) is 39.3 Å². The smallest absolute Gasteiger partial charge is 0.0537 e. The van der Waals surface area contributed by atoms with Crippen molar-refractivity contribution in [2.45, 2.75) is 11.3 Å². The maximum atomic E-state index is 6.58. The Morgan fingerprint density at radius 2 is 1.21 bits per heavy atom. The Balaban J connectivity index is 1.82. The van der Waals surface area contributed by atoms with Gasteiger partial charge in [0.2, 0.25) is 0 Å². The van der Waals surface area contributed by atoms with Crippen LogP contribution < -0.4 is 0 Å². The first-order valence-corrected chi connectivity index (χ1v) is 10.2. The minimum atomic E-state index is -0.247. The van der Waals surface area contributed by atoms with Gasteiger partial charge in [0.1, 0.15) is 0 Å². The summed E-state index contributed by atoms with van der Waals surface area (Å²) in [6.07, 6.45) is 11.2. The Kier molecular flexibility index (Phi) is 3.36. The molecular formula is C27H19Cl. The SMILES string of the molecule is ClC1=CC2C(C=C1)c1ccccc1C21c2ccccc2C=Cc2ccccc21. The van der Waals surface area contributed by atoms with Crippen molar-refractivity contribution in [3.05, 3.63) is 129 Å². The molecule has 3 aliphatic rings. The van der Waals surface area contributed by atoms with Crippen molar-refractivity contribution in [1.82, 2.24) is 0 Å². The van der Waals surface area contributed by atoms with E-state index in [0.29, 0.717) is 5.92 Å². The Morgan fingerprint density at radius 1 is 0.643 bits per heavy atom. The topological polar surface area (TPSA) is 0 Å². The van der Waals surface area contributed by atoms with E-state index in [1.165, 1.54) is 33.4 Å². The quantitative estimate of drug-likeness (QED) is 0.398. The van der Waals surface area contributed by atoms with Crippen molar-refractivity contribution < 1.29 is 0 Å². The Morgan fingerprint density at radius 3 is 1.89 bits per heavy atom. The van der Waals surface area contributed by atoms with Crippen LogP contribution in [0.3, 0.4) is 0 Å². The van der Waals surface area contributed by atoms with E-state index in [2.05, 4.69) is 103 Å². The van der Waals surface area contributed by atoms with Crippen LogP contribution >= 0.6 is 11.6 Å². The minimum Gasteiger partial charge on any atom is -0.0847 e. The molecule has 2 atom stereocenters. The molecule has 0 aromatic heterocycles. The van der Waals surface area contributed by atoms with E-state index in [0.717, 1.165) is 5.03 Å². The molecule has 134 valence electrons. The Bertz CT molecular complexity index is 1140. The van der Waals surface area contributed by atoms with Gasteiger partial charge in [-0.25, -0.2) is 0 Å². The number of halogens is 1. The molecule has 0 heterocycles. The third-order valence-electron chi connectivity index (χ3n) is 6.65. The lowest BCUT2D eigenvalue weighted by atomic mass is 9.62. The lowest BCUT2D eigenvalue weighted by Crippen LogP contribution is -2.36. The predicted octanol–water partition coefficient (Wildman–Crippen LogP) is 6.91. The van der Waals surface area contributed by atoms with E-state index in [9.17, 15) is 0 Å². The molecule has 0 aliphatic heterocycles. The largest absolute Gasteiger partial charge is 0.0847 e. The van der Waals surface area contributed by atoms with Crippen LogP contribution in [-0.4, -0.2) is 0 Å². The molecule has 28 heavy (non-hydrogen) atoms. The molecule has 0 saturated heterocycles. The van der Waals surface area contributed by atoms with E-state index in [1.807, 2.05) is 0 Å². The second kappa shape index (κ2) is 5.83. The van der Waals surface area contributed by atoms with Crippen LogP contribution in [0.25, 0.3) is 12.2 Å². The molecule has 0 saturated carbocycles. The number of hydrogen-bond acceptors (Lipinski definition) is 0. The molecule has 0 bridgehead atoms. The molecule has 3 aromatic carbocycles. The highest BCUT2D eigenvalue weighted by atomic mass is 35.5. The summed E-state index contributed by atoms with van der Waals surface area (Å²) in [4.78, 5) is 0. The molecule has 0 radical (unpaired) electrons. The fourth-order valence-corrected chi connectivity index (χ4v) is 5.85. The third kappa shape index (κ3) is 1.96. The standard InChI is InChI=1S/C27H19Cl/c28-20-15-16-22-21-9-3-6-12-25(21)27(26(22)17-20)23-10-4-1-7-18(23)13-14-19-8-2-5-11-24(19)27/h1-17,22,26H. The number of hydrogen-bond donors (Lipinski definition) is 0. The molecule has 0 N–H and O–H groups in total. The van der Waals surface area contributed by atoms with Gasteiger partial charge in [-0.3, -0.25) is 0 Å². The zero-order valence-corrected chi connectivity index (χ0v) is 16.1. The molecule has 2 unspecified atom stereocenters. The average Bonchev–Trinajstić information content (AvgIpc) is 2.93. The van der Waals surface area contributed by atoms with Crippen molar-refractivity contribution in [2.75, 3.05) is 0 Å². The summed E-state index contributed by atoms with van der Waals surface area (Å²) < 4.78 is 0. The van der Waals surface area contributed by atoms with Crippen molar-refractivity contribution in [3.8, 4) is 0 Å². The molecular weight excluding hydrogens is 360 g/mol. The van der Waals surface area contributed by atoms with Crippen LogP contribution in [0.4, 0.5) is 0 Å². The maximum Gasteiger partial charge on any atom is 0.0537 e. The van der Waals surface area contributed by atoms with Crippen molar-refractivity contribution in [2.24, 2.45) is 5.92 Å². The van der Waals surface area contributed by atoms with E-state index in [-0.39, 0.29) is 11.3 Å². The van der Waals surface area contributed by atoms with Crippen molar-refractivity contribution in [3.63, 3.8) is 0 Å². The van der Waals surface area contributed by atoms with E-state index in [1.54, 1.807) is 0 Å². The Labute approximate surface area is 170 Å². The zero-order valence-electron chi connectivity index (χ0n) is 15.3. The normalized spacial score (nSPS) is 22.7. The lowest BCUT2D eigenvalue weighted by Gasteiger charge is -2.40. The average molecular weight is 379 g/mol. The summed E-state index contributed by atoms with van der Waals surface area (Å²) >= 11 is 6.58. The fraction of sp³-hybridized carbons (Fsp3) is 0.111. The van der Waals surface area contributed by atoms with Gasteiger partial charge in [-0.1, -0.05) is 109 Å². The first-order valence-electron chi connectivity index (χ1n) is 9.82. The highest BCUT2D eigenvalue weighted by Gasteiger charge is 2.54. The summed E-state index contributed by atoms with van der Waals surface area (Å²) in [7, 11) is 0. The number of rotatable bonds is 0. The third-order valence-corrected chi connectivity index (χ3v) is 6.90. The highest BCUT2D eigenvalue weighted by Crippen LogP contribution is 2.61. The summed E-state index contributed by atoms with van der Waals surface area (Å²) in [5, 5.41) is 0.834. The predicted molar refractivity (Wildman–Crippen MR) is 117 cm³/mol. The van der Waals surface area contributed by atoms with Crippen LogP contribution in [0, 0.1) is 5.92 Å². The monoisotopic (exact) mass is 378 g/mol. The van der Waals surface area contributed by atoms with Crippen LogP contribution in [-0.2, 0) is 5.41 Å². The number of fused-ring (bicyclic) bond motifs is 9.